The van der Waals surface area contributed by atoms with Crippen LogP contribution in [0.25, 0.3) is 0 Å². The van der Waals surface area contributed by atoms with Gasteiger partial charge in [0.25, 0.3) is 0 Å². The molecule has 106 valence electrons. The molecule has 0 saturated carbocycles. The van der Waals surface area contributed by atoms with Crippen molar-refractivity contribution in [3.05, 3.63) is 69.4 Å². The Hall–Kier alpha value is -1.37. The number of nitrogens with two attached hydrogens (primary N) is 1. The summed E-state index contributed by atoms with van der Waals surface area (Å²) in [7, 11) is 0. The molecule has 2 rings (SSSR count). The van der Waals surface area contributed by atoms with E-state index in [2.05, 4.69) is 21.4 Å². The highest BCUT2D eigenvalue weighted by Gasteiger charge is 2.21. The minimum atomic E-state index is -0.753. The maximum Gasteiger partial charge on any atom is 0.129 e. The molecule has 0 amide bonds. The van der Waals surface area contributed by atoms with Gasteiger partial charge in [-0.2, -0.15) is 0 Å². The van der Waals surface area contributed by atoms with Gasteiger partial charge in [0.1, 0.15) is 17.5 Å². The minimum Gasteiger partial charge on any atom is -0.271 e. The third-order valence-electron chi connectivity index (χ3n) is 3.02. The normalized spacial score (nSPS) is 12.4. The van der Waals surface area contributed by atoms with Crippen molar-refractivity contribution in [1.29, 1.82) is 0 Å². The molecule has 1 unspecified atom stereocenters. The summed E-state index contributed by atoms with van der Waals surface area (Å²) in [5.74, 6) is 3.54. The van der Waals surface area contributed by atoms with Crippen molar-refractivity contribution >= 4 is 15.9 Å². The van der Waals surface area contributed by atoms with E-state index in [-0.39, 0.29) is 17.5 Å². The van der Waals surface area contributed by atoms with Crippen LogP contribution in [0.5, 0.6) is 0 Å². The van der Waals surface area contributed by atoms with E-state index in [0.29, 0.717) is 4.47 Å². The molecule has 0 spiro atoms. The lowest BCUT2D eigenvalue weighted by Gasteiger charge is -2.19. The number of hydrogen-bond donors (Lipinski definition) is 2. The molecule has 0 radical (unpaired) electrons. The van der Waals surface area contributed by atoms with Crippen molar-refractivity contribution in [3.8, 4) is 0 Å². The van der Waals surface area contributed by atoms with E-state index in [1.54, 1.807) is 6.07 Å². The molecule has 0 aromatic heterocycles. The molecule has 2 nitrogen and oxygen atoms in total. The van der Waals surface area contributed by atoms with Crippen LogP contribution in [0.2, 0.25) is 0 Å². The van der Waals surface area contributed by atoms with Crippen LogP contribution in [0.15, 0.2) is 40.9 Å². The van der Waals surface area contributed by atoms with Crippen LogP contribution in [0.4, 0.5) is 13.2 Å². The Morgan fingerprint density at radius 1 is 1.00 bits per heavy atom. The number of nitrogens with one attached hydrogen (secondary N) is 1. The monoisotopic (exact) mass is 344 g/mol. The zero-order chi connectivity index (χ0) is 14.7. The van der Waals surface area contributed by atoms with E-state index < -0.39 is 23.5 Å². The third kappa shape index (κ3) is 3.03. The van der Waals surface area contributed by atoms with Crippen molar-refractivity contribution in [2.75, 3.05) is 0 Å². The maximum atomic E-state index is 13.9. The van der Waals surface area contributed by atoms with Gasteiger partial charge >= 0.3 is 0 Å². The van der Waals surface area contributed by atoms with Gasteiger partial charge in [-0.05, 0) is 30.7 Å². The Bertz CT molecular complexity index is 579. The summed E-state index contributed by atoms with van der Waals surface area (Å²) in [6.45, 7) is 0. The zero-order valence-electron chi connectivity index (χ0n) is 10.3. The summed E-state index contributed by atoms with van der Waals surface area (Å²) < 4.78 is 41.7. The van der Waals surface area contributed by atoms with Gasteiger partial charge in [-0.3, -0.25) is 11.3 Å². The average Bonchev–Trinajstić information content (AvgIpc) is 2.40. The van der Waals surface area contributed by atoms with Gasteiger partial charge in [-0.15, -0.1) is 0 Å². The fraction of sp³-hybridized carbons (Fsp3) is 0.143. The van der Waals surface area contributed by atoms with Crippen molar-refractivity contribution in [3.63, 3.8) is 0 Å². The highest BCUT2D eigenvalue weighted by molar-refractivity contribution is 9.10. The number of rotatable bonds is 4. The summed E-state index contributed by atoms with van der Waals surface area (Å²) in [5, 5.41) is 0. The number of halogens is 4. The lowest BCUT2D eigenvalue weighted by atomic mass is 9.98. The van der Waals surface area contributed by atoms with Gasteiger partial charge in [-0.1, -0.05) is 28.1 Å². The molecule has 0 aliphatic heterocycles. The van der Waals surface area contributed by atoms with Gasteiger partial charge in [0.2, 0.25) is 0 Å². The molecule has 6 heteroatoms. The van der Waals surface area contributed by atoms with Crippen LogP contribution in [-0.2, 0) is 6.42 Å². The molecule has 0 heterocycles. The minimum absolute atomic E-state index is 0.103. The second kappa shape index (κ2) is 6.39. The van der Waals surface area contributed by atoms with Crippen LogP contribution in [-0.4, -0.2) is 0 Å². The van der Waals surface area contributed by atoms with Crippen molar-refractivity contribution in [1.82, 2.24) is 5.43 Å². The van der Waals surface area contributed by atoms with Crippen LogP contribution >= 0.6 is 15.9 Å². The largest absolute Gasteiger partial charge is 0.271 e. The molecule has 0 aliphatic carbocycles. The van der Waals surface area contributed by atoms with Gasteiger partial charge in [0.15, 0.2) is 0 Å². The quantitative estimate of drug-likeness (QED) is 0.656. The van der Waals surface area contributed by atoms with Crippen molar-refractivity contribution in [2.45, 2.75) is 12.5 Å². The van der Waals surface area contributed by atoms with Crippen molar-refractivity contribution < 1.29 is 13.2 Å². The first kappa shape index (κ1) is 15.0. The second-order valence-electron chi connectivity index (χ2n) is 4.26. The highest BCUT2D eigenvalue weighted by Crippen LogP contribution is 2.29. The Kier molecular flexibility index (Phi) is 4.80. The molecule has 2 aromatic carbocycles. The molecule has 1 atom stereocenters. The van der Waals surface area contributed by atoms with Gasteiger partial charge in [-0.25, -0.2) is 13.2 Å². The summed E-state index contributed by atoms with van der Waals surface area (Å²) in [6, 6.07) is 7.27. The second-order valence-corrected chi connectivity index (χ2v) is 5.11. The SMILES string of the molecule is NNC(Cc1c(F)cccc1F)c1c(F)cccc1Br. The maximum absolute atomic E-state index is 13.9. The van der Waals surface area contributed by atoms with E-state index in [4.69, 9.17) is 5.84 Å². The lowest BCUT2D eigenvalue weighted by Crippen LogP contribution is -2.31. The van der Waals surface area contributed by atoms with Gasteiger partial charge in [0.05, 0.1) is 6.04 Å². The summed E-state index contributed by atoms with van der Waals surface area (Å²) in [6.07, 6.45) is -0.103. The molecule has 0 saturated heterocycles. The highest BCUT2D eigenvalue weighted by atomic mass is 79.9. The standard InChI is InChI=1S/C14H12BrF3N2/c15-9-3-1-6-12(18)14(9)13(20-19)7-8-10(16)4-2-5-11(8)17/h1-6,13,20H,7,19H2. The predicted octanol–water partition coefficient (Wildman–Crippen LogP) is 3.61. The summed E-state index contributed by atoms with van der Waals surface area (Å²) in [4.78, 5) is 0. The summed E-state index contributed by atoms with van der Waals surface area (Å²) >= 11 is 3.22. The van der Waals surface area contributed by atoms with E-state index in [0.717, 1.165) is 12.1 Å². The molecular weight excluding hydrogens is 333 g/mol. The first-order valence-corrected chi connectivity index (χ1v) is 6.66. The Morgan fingerprint density at radius 3 is 2.10 bits per heavy atom. The van der Waals surface area contributed by atoms with E-state index >= 15 is 0 Å². The third-order valence-corrected chi connectivity index (χ3v) is 3.71. The van der Waals surface area contributed by atoms with E-state index in [1.807, 2.05) is 0 Å². The van der Waals surface area contributed by atoms with Crippen LogP contribution < -0.4 is 11.3 Å². The van der Waals surface area contributed by atoms with Crippen LogP contribution in [0.3, 0.4) is 0 Å². The molecule has 20 heavy (non-hydrogen) atoms. The molecule has 0 fully saturated rings. The smallest absolute Gasteiger partial charge is 0.129 e. The topological polar surface area (TPSA) is 38.0 Å². The molecule has 2 aromatic rings. The number of hydrogen-bond acceptors (Lipinski definition) is 2. The fourth-order valence-corrected chi connectivity index (χ4v) is 2.64. The van der Waals surface area contributed by atoms with Gasteiger partial charge in [0, 0.05) is 15.6 Å². The first-order chi connectivity index (χ1) is 9.54. The fourth-order valence-electron chi connectivity index (χ4n) is 2.02. The molecular formula is C14H12BrF3N2. The van der Waals surface area contributed by atoms with Crippen LogP contribution in [0.1, 0.15) is 17.2 Å². The molecule has 0 bridgehead atoms. The Labute approximate surface area is 122 Å². The average molecular weight is 345 g/mol. The number of hydrazine groups is 1. The summed E-state index contributed by atoms with van der Waals surface area (Å²) in [5.41, 5.74) is 2.50. The van der Waals surface area contributed by atoms with E-state index in [9.17, 15) is 13.2 Å². The lowest BCUT2D eigenvalue weighted by molar-refractivity contribution is 0.479. The van der Waals surface area contributed by atoms with E-state index in [1.165, 1.54) is 18.2 Å². The van der Waals surface area contributed by atoms with Gasteiger partial charge < -0.3 is 0 Å². The van der Waals surface area contributed by atoms with Crippen LogP contribution in [0, 0.1) is 17.5 Å². The molecule has 0 aliphatic rings. The zero-order valence-corrected chi connectivity index (χ0v) is 11.9. The predicted molar refractivity (Wildman–Crippen MR) is 74.2 cm³/mol. The Morgan fingerprint density at radius 2 is 1.55 bits per heavy atom. The van der Waals surface area contributed by atoms with Crippen molar-refractivity contribution in [2.24, 2.45) is 5.84 Å². The number of benzene rings is 2. The Balaban J connectivity index is 2.39. The first-order valence-electron chi connectivity index (χ1n) is 5.87. The molecule has 3 N–H and O–H groups in total.